The zero-order valence-electron chi connectivity index (χ0n) is 17.7. The molecule has 0 radical (unpaired) electrons. The lowest BCUT2D eigenvalue weighted by Crippen LogP contribution is -2.30. The van der Waals surface area contributed by atoms with E-state index in [1.54, 1.807) is 48.5 Å². The Hall–Kier alpha value is -4.21. The first-order valence-corrected chi connectivity index (χ1v) is 10.6. The summed E-state index contributed by atoms with van der Waals surface area (Å²) < 4.78 is 0. The summed E-state index contributed by atoms with van der Waals surface area (Å²) in [4.78, 5) is 30.2. The maximum absolute atomic E-state index is 13.0. The van der Waals surface area contributed by atoms with Crippen molar-refractivity contribution >= 4 is 34.9 Å². The number of hydrogen-bond acceptors (Lipinski definition) is 4. The van der Waals surface area contributed by atoms with E-state index in [0.29, 0.717) is 21.7 Å². The first kappa shape index (κ1) is 22.0. The third-order valence-electron chi connectivity index (χ3n) is 5.22. The molecular weight excluding hydrogens is 436 g/mol. The van der Waals surface area contributed by atoms with Crippen molar-refractivity contribution in [3.8, 4) is 6.07 Å². The van der Waals surface area contributed by atoms with E-state index in [0.717, 1.165) is 5.56 Å². The van der Waals surface area contributed by atoms with Crippen molar-refractivity contribution in [2.75, 3.05) is 0 Å². The van der Waals surface area contributed by atoms with Crippen LogP contribution in [-0.2, 0) is 4.79 Å². The molecule has 162 valence electrons. The third kappa shape index (κ3) is 4.69. The highest BCUT2D eigenvalue weighted by molar-refractivity contribution is 6.30. The van der Waals surface area contributed by atoms with Crippen LogP contribution in [0.4, 0.5) is 0 Å². The number of nitrogens with one attached hydrogen (secondary N) is 2. The Balaban J connectivity index is 1.65. The number of amidine groups is 1. The van der Waals surface area contributed by atoms with Gasteiger partial charge in [-0.1, -0.05) is 66.2 Å². The van der Waals surface area contributed by atoms with Crippen molar-refractivity contribution in [2.24, 2.45) is 4.99 Å². The van der Waals surface area contributed by atoms with Gasteiger partial charge in [0.1, 0.15) is 17.5 Å². The quantitative estimate of drug-likeness (QED) is 0.444. The molecule has 3 aromatic rings. The van der Waals surface area contributed by atoms with Gasteiger partial charge in [-0.15, -0.1) is 0 Å². The number of carbonyl (C=O) groups excluding carboxylic acids is 2. The maximum atomic E-state index is 13.0. The van der Waals surface area contributed by atoms with Crippen molar-refractivity contribution in [2.45, 2.75) is 13.0 Å². The molecule has 1 aliphatic rings. The summed E-state index contributed by atoms with van der Waals surface area (Å²) >= 11 is 5.90. The summed E-state index contributed by atoms with van der Waals surface area (Å²) in [6.07, 6.45) is 0. The van der Waals surface area contributed by atoms with Crippen LogP contribution in [0.15, 0.2) is 89.4 Å². The molecule has 0 aromatic heterocycles. The summed E-state index contributed by atoms with van der Waals surface area (Å²) in [6, 6.07) is 24.7. The van der Waals surface area contributed by atoms with Crippen molar-refractivity contribution < 1.29 is 9.59 Å². The zero-order valence-corrected chi connectivity index (χ0v) is 18.4. The van der Waals surface area contributed by atoms with E-state index in [2.05, 4.69) is 15.6 Å². The summed E-state index contributed by atoms with van der Waals surface area (Å²) in [5, 5.41) is 16.0. The van der Waals surface area contributed by atoms with E-state index in [1.807, 2.05) is 43.3 Å². The molecule has 1 heterocycles. The van der Waals surface area contributed by atoms with E-state index in [4.69, 9.17) is 11.6 Å². The van der Waals surface area contributed by atoms with Crippen LogP contribution >= 0.6 is 11.6 Å². The van der Waals surface area contributed by atoms with Gasteiger partial charge in [-0.3, -0.25) is 9.59 Å². The molecule has 3 aromatic carbocycles. The van der Waals surface area contributed by atoms with Gasteiger partial charge in [0, 0.05) is 21.7 Å². The second-order valence-electron chi connectivity index (χ2n) is 7.41. The van der Waals surface area contributed by atoms with Crippen LogP contribution in [0.1, 0.15) is 40.0 Å². The SMILES string of the molecule is C[C@H](NC(=O)/C(C#N)=C1\N=C(NC(=O)c2ccc(Cl)cc2)c2ccccc21)c1ccccc1. The molecule has 2 N–H and O–H groups in total. The Morgan fingerprint density at radius 1 is 0.939 bits per heavy atom. The van der Waals surface area contributed by atoms with Crippen molar-refractivity contribution in [3.63, 3.8) is 0 Å². The van der Waals surface area contributed by atoms with E-state index in [1.165, 1.54) is 0 Å². The number of aliphatic imine (C=N–C) groups is 1. The number of hydrogen-bond donors (Lipinski definition) is 2. The summed E-state index contributed by atoms with van der Waals surface area (Å²) in [5.74, 6) is -0.632. The van der Waals surface area contributed by atoms with Gasteiger partial charge in [-0.2, -0.15) is 5.26 Å². The molecule has 33 heavy (non-hydrogen) atoms. The summed E-state index contributed by atoms with van der Waals surface area (Å²) in [5.41, 5.74) is 2.65. The Morgan fingerprint density at radius 2 is 1.58 bits per heavy atom. The van der Waals surface area contributed by atoms with E-state index < -0.39 is 5.91 Å². The molecule has 1 atom stereocenters. The van der Waals surface area contributed by atoms with Gasteiger partial charge in [0.15, 0.2) is 0 Å². The molecule has 0 aliphatic carbocycles. The molecule has 2 amide bonds. The molecule has 0 saturated heterocycles. The molecule has 0 fully saturated rings. The van der Waals surface area contributed by atoms with E-state index in [9.17, 15) is 14.9 Å². The van der Waals surface area contributed by atoms with Crippen LogP contribution in [0.3, 0.4) is 0 Å². The average Bonchev–Trinajstić information content (AvgIpc) is 3.18. The number of amides is 2. The lowest BCUT2D eigenvalue weighted by molar-refractivity contribution is -0.117. The predicted octanol–water partition coefficient (Wildman–Crippen LogP) is 4.64. The van der Waals surface area contributed by atoms with Crippen LogP contribution in [0.5, 0.6) is 0 Å². The van der Waals surface area contributed by atoms with Crippen LogP contribution in [0.2, 0.25) is 5.02 Å². The van der Waals surface area contributed by atoms with E-state index >= 15 is 0 Å². The molecular formula is C26H19ClN4O2. The van der Waals surface area contributed by atoms with Crippen molar-refractivity contribution in [1.82, 2.24) is 10.6 Å². The van der Waals surface area contributed by atoms with Gasteiger partial charge >= 0.3 is 0 Å². The molecule has 7 heteroatoms. The lowest BCUT2D eigenvalue weighted by Gasteiger charge is -2.14. The molecule has 0 unspecified atom stereocenters. The second-order valence-corrected chi connectivity index (χ2v) is 7.84. The molecule has 4 rings (SSSR count). The Labute approximate surface area is 196 Å². The second kappa shape index (κ2) is 9.51. The Kier molecular flexibility index (Phi) is 6.34. The fraction of sp³-hybridized carbons (Fsp3) is 0.0769. The van der Waals surface area contributed by atoms with Crippen LogP contribution in [-0.4, -0.2) is 17.6 Å². The van der Waals surface area contributed by atoms with Gasteiger partial charge in [0.05, 0.1) is 11.7 Å². The topological polar surface area (TPSA) is 94.3 Å². The van der Waals surface area contributed by atoms with Gasteiger partial charge in [-0.05, 0) is 36.8 Å². The van der Waals surface area contributed by atoms with Crippen molar-refractivity contribution in [1.29, 1.82) is 5.26 Å². The van der Waals surface area contributed by atoms with Gasteiger partial charge in [-0.25, -0.2) is 4.99 Å². The number of benzene rings is 3. The standard InChI is InChI=1S/C26H19ClN4O2/c1-16(17-7-3-2-4-8-17)29-26(33)22(15-28)23-20-9-5-6-10-21(20)24(30-23)31-25(32)18-11-13-19(27)14-12-18/h2-14,16H,1H3,(H,29,33)(H,30,31,32)/b23-22-/t16-/m0/s1. The highest BCUT2D eigenvalue weighted by Gasteiger charge is 2.27. The Morgan fingerprint density at radius 3 is 2.24 bits per heavy atom. The molecule has 0 bridgehead atoms. The van der Waals surface area contributed by atoms with Crippen LogP contribution in [0, 0.1) is 11.3 Å². The maximum Gasteiger partial charge on any atom is 0.264 e. The van der Waals surface area contributed by atoms with Gasteiger partial charge in [0.25, 0.3) is 11.8 Å². The number of nitriles is 1. The van der Waals surface area contributed by atoms with Crippen LogP contribution in [0.25, 0.3) is 5.70 Å². The minimum absolute atomic E-state index is 0.124. The molecule has 0 spiro atoms. The van der Waals surface area contributed by atoms with Crippen molar-refractivity contribution in [3.05, 3.63) is 112 Å². The zero-order chi connectivity index (χ0) is 23.4. The molecule has 6 nitrogen and oxygen atoms in total. The minimum atomic E-state index is -0.535. The lowest BCUT2D eigenvalue weighted by atomic mass is 10.0. The molecule has 1 aliphatic heterocycles. The van der Waals surface area contributed by atoms with Gasteiger partial charge in [0.2, 0.25) is 0 Å². The fourth-order valence-corrected chi connectivity index (χ4v) is 3.63. The highest BCUT2D eigenvalue weighted by atomic mass is 35.5. The van der Waals surface area contributed by atoms with Crippen LogP contribution < -0.4 is 10.6 Å². The normalized spacial score (nSPS) is 14.4. The largest absolute Gasteiger partial charge is 0.345 e. The highest BCUT2D eigenvalue weighted by Crippen LogP contribution is 2.31. The first-order valence-electron chi connectivity index (χ1n) is 10.2. The number of fused-ring (bicyclic) bond motifs is 1. The third-order valence-corrected chi connectivity index (χ3v) is 5.47. The number of carbonyl (C=O) groups is 2. The predicted molar refractivity (Wildman–Crippen MR) is 127 cm³/mol. The van der Waals surface area contributed by atoms with Gasteiger partial charge < -0.3 is 10.6 Å². The molecule has 0 saturated carbocycles. The minimum Gasteiger partial charge on any atom is -0.345 e. The Bertz CT molecular complexity index is 1320. The number of halogens is 1. The van der Waals surface area contributed by atoms with E-state index in [-0.39, 0.29) is 29.1 Å². The average molecular weight is 455 g/mol. The summed E-state index contributed by atoms with van der Waals surface area (Å²) in [7, 11) is 0. The fourth-order valence-electron chi connectivity index (χ4n) is 3.50. The number of rotatable bonds is 4. The summed E-state index contributed by atoms with van der Waals surface area (Å²) in [6.45, 7) is 1.84. The number of nitrogens with zero attached hydrogens (tertiary/aromatic N) is 2. The monoisotopic (exact) mass is 454 g/mol. The first-order chi connectivity index (χ1) is 16.0. The smallest absolute Gasteiger partial charge is 0.264 e.